The Kier molecular flexibility index (Phi) is 4.49. The monoisotopic (exact) mass is 392 g/mol. The fourth-order valence-corrected chi connectivity index (χ4v) is 4.01. The Morgan fingerprint density at radius 3 is 2.46 bits per heavy atom. The molecule has 0 bridgehead atoms. The lowest BCUT2D eigenvalue weighted by Gasteiger charge is -2.19. The van der Waals surface area contributed by atoms with Crippen molar-refractivity contribution >= 4 is 5.91 Å². The Hall–Kier alpha value is -2.68. The highest BCUT2D eigenvalue weighted by atomic mass is 19.4. The van der Waals surface area contributed by atoms with Gasteiger partial charge in [-0.25, -0.2) is 4.68 Å². The van der Waals surface area contributed by atoms with Gasteiger partial charge in [0.15, 0.2) is 5.69 Å². The molecule has 0 saturated carbocycles. The first-order valence-corrected chi connectivity index (χ1v) is 9.03. The summed E-state index contributed by atoms with van der Waals surface area (Å²) in [6.45, 7) is 4.16. The zero-order valence-electron chi connectivity index (χ0n) is 15.2. The Morgan fingerprint density at radius 1 is 1.18 bits per heavy atom. The number of benzene rings is 1. The summed E-state index contributed by atoms with van der Waals surface area (Å²) < 4.78 is 41.2. The van der Waals surface area contributed by atoms with Crippen molar-refractivity contribution < 1.29 is 18.0 Å². The van der Waals surface area contributed by atoms with Crippen LogP contribution in [0.15, 0.2) is 35.1 Å². The summed E-state index contributed by atoms with van der Waals surface area (Å²) in [7, 11) is 0. The number of halogens is 3. The van der Waals surface area contributed by atoms with Crippen LogP contribution in [0.4, 0.5) is 13.2 Å². The van der Waals surface area contributed by atoms with Gasteiger partial charge in [-0.05, 0) is 30.9 Å². The number of hydrogen-bond donors (Lipinski definition) is 1. The summed E-state index contributed by atoms with van der Waals surface area (Å²) in [6, 6.07) is 6.12. The maximum absolute atomic E-state index is 13.4. The van der Waals surface area contributed by atoms with Crippen LogP contribution in [-0.4, -0.2) is 46.8 Å². The largest absolute Gasteiger partial charge is 0.418 e. The van der Waals surface area contributed by atoms with E-state index in [0.717, 1.165) is 29.9 Å². The maximum Gasteiger partial charge on any atom is 0.418 e. The molecule has 2 aliphatic rings. The van der Waals surface area contributed by atoms with Gasteiger partial charge in [-0.3, -0.25) is 9.59 Å². The number of aromatic nitrogens is 2. The van der Waals surface area contributed by atoms with Crippen LogP contribution >= 0.6 is 0 Å². The highest BCUT2D eigenvalue weighted by Crippen LogP contribution is 2.33. The average Bonchev–Trinajstić information content (AvgIpc) is 3.22. The minimum absolute atomic E-state index is 0.218. The summed E-state index contributed by atoms with van der Waals surface area (Å²) in [4.78, 5) is 26.9. The number of rotatable bonds is 2. The molecule has 28 heavy (non-hydrogen) atoms. The van der Waals surface area contributed by atoms with Crippen LogP contribution in [0.2, 0.25) is 0 Å². The van der Waals surface area contributed by atoms with E-state index in [0.29, 0.717) is 24.9 Å². The average molecular weight is 392 g/mol. The number of carbonyl (C=O) groups is 1. The molecule has 3 heterocycles. The predicted molar refractivity (Wildman–Crippen MR) is 95.3 cm³/mol. The van der Waals surface area contributed by atoms with Crippen molar-refractivity contribution in [3.63, 3.8) is 0 Å². The van der Waals surface area contributed by atoms with Crippen LogP contribution in [0, 0.1) is 18.8 Å². The second-order valence-corrected chi connectivity index (χ2v) is 7.31. The van der Waals surface area contributed by atoms with Crippen molar-refractivity contribution in [1.82, 2.24) is 20.0 Å². The number of carbonyl (C=O) groups excluding carboxylic acids is 1. The lowest BCUT2D eigenvalue weighted by Crippen LogP contribution is -2.36. The second-order valence-electron chi connectivity index (χ2n) is 7.31. The number of para-hydroxylation sites is 1. The van der Waals surface area contributed by atoms with E-state index in [9.17, 15) is 22.8 Å². The summed E-state index contributed by atoms with van der Waals surface area (Å²) in [5.74, 6) is 0.141. The number of aryl methyl sites for hydroxylation is 1. The topological polar surface area (TPSA) is 67.2 Å². The normalized spacial score (nSPS) is 21.8. The first kappa shape index (κ1) is 18.7. The van der Waals surface area contributed by atoms with Gasteiger partial charge >= 0.3 is 6.18 Å². The molecule has 0 unspecified atom stereocenters. The van der Waals surface area contributed by atoms with Gasteiger partial charge in [-0.2, -0.15) is 18.3 Å². The fraction of sp³-hybridized carbons (Fsp3) is 0.421. The van der Waals surface area contributed by atoms with Crippen molar-refractivity contribution in [2.45, 2.75) is 13.1 Å². The smallest absolute Gasteiger partial charge is 0.336 e. The molecule has 2 fully saturated rings. The van der Waals surface area contributed by atoms with E-state index in [1.165, 1.54) is 25.1 Å². The van der Waals surface area contributed by atoms with Crippen LogP contribution in [-0.2, 0) is 6.18 Å². The van der Waals surface area contributed by atoms with Crippen LogP contribution in [0.3, 0.4) is 0 Å². The third-order valence-electron chi connectivity index (χ3n) is 5.42. The third kappa shape index (κ3) is 3.19. The molecule has 2 saturated heterocycles. The molecule has 1 aromatic heterocycles. The van der Waals surface area contributed by atoms with Crippen LogP contribution in [0.1, 0.15) is 21.7 Å². The third-order valence-corrected chi connectivity index (χ3v) is 5.42. The quantitative estimate of drug-likeness (QED) is 0.847. The number of alkyl halides is 3. The standard InChI is InChI=1S/C19H19F3N4O2/c1-11-6-16(27)17(18(28)25-9-12-7-23-8-13(12)10-25)24-26(11)15-5-3-2-4-14(15)19(20,21)22/h2-6,12-13,23H,7-10H2,1H3/t12-,13+. The molecule has 6 nitrogen and oxygen atoms in total. The van der Waals surface area contributed by atoms with Gasteiger partial charge in [0.2, 0.25) is 5.43 Å². The molecule has 1 amide bonds. The van der Waals surface area contributed by atoms with Gasteiger partial charge in [0.1, 0.15) is 0 Å². The number of nitrogens with one attached hydrogen (secondary N) is 1. The molecule has 9 heteroatoms. The molecule has 2 atom stereocenters. The van der Waals surface area contributed by atoms with Crippen LogP contribution < -0.4 is 10.7 Å². The van der Waals surface area contributed by atoms with Crippen molar-refractivity contribution in [3.05, 3.63) is 57.5 Å². The fourth-order valence-electron chi connectivity index (χ4n) is 4.01. The van der Waals surface area contributed by atoms with E-state index >= 15 is 0 Å². The first-order chi connectivity index (χ1) is 13.3. The molecule has 0 spiro atoms. The molecule has 1 N–H and O–H groups in total. The Morgan fingerprint density at radius 2 is 1.82 bits per heavy atom. The van der Waals surface area contributed by atoms with Gasteiger partial charge in [0.05, 0.1) is 11.3 Å². The van der Waals surface area contributed by atoms with Gasteiger partial charge in [-0.15, -0.1) is 0 Å². The SMILES string of the molecule is Cc1cc(=O)c(C(=O)N2C[C@H]3CNC[C@H]3C2)nn1-c1ccccc1C(F)(F)F. The van der Waals surface area contributed by atoms with Crippen molar-refractivity contribution in [2.75, 3.05) is 26.2 Å². The Balaban J connectivity index is 1.74. The molecule has 2 aliphatic heterocycles. The molecular formula is C19H19F3N4O2. The molecule has 148 valence electrons. The lowest BCUT2D eigenvalue weighted by atomic mass is 10.0. The highest BCUT2D eigenvalue weighted by molar-refractivity contribution is 5.92. The Bertz CT molecular complexity index is 974. The van der Waals surface area contributed by atoms with E-state index in [1.54, 1.807) is 4.90 Å². The molecule has 1 aromatic carbocycles. The van der Waals surface area contributed by atoms with Gasteiger partial charge in [-0.1, -0.05) is 12.1 Å². The number of likely N-dealkylation sites (tertiary alicyclic amines) is 1. The zero-order valence-corrected chi connectivity index (χ0v) is 15.2. The van der Waals surface area contributed by atoms with Gasteiger partial charge in [0, 0.05) is 37.9 Å². The molecule has 0 aliphatic carbocycles. The molecule has 2 aromatic rings. The lowest BCUT2D eigenvalue weighted by molar-refractivity contribution is -0.137. The zero-order chi connectivity index (χ0) is 20.1. The van der Waals surface area contributed by atoms with Gasteiger partial charge < -0.3 is 10.2 Å². The van der Waals surface area contributed by atoms with E-state index in [1.807, 2.05) is 0 Å². The van der Waals surface area contributed by atoms with Crippen molar-refractivity contribution in [2.24, 2.45) is 11.8 Å². The summed E-state index contributed by atoms with van der Waals surface area (Å²) in [6.07, 6.45) is -4.59. The summed E-state index contributed by atoms with van der Waals surface area (Å²) in [5, 5.41) is 7.32. The van der Waals surface area contributed by atoms with E-state index < -0.39 is 23.1 Å². The maximum atomic E-state index is 13.4. The predicted octanol–water partition coefficient (Wildman–Crippen LogP) is 1.85. The van der Waals surface area contributed by atoms with E-state index in [4.69, 9.17) is 0 Å². The van der Waals surface area contributed by atoms with Crippen molar-refractivity contribution in [1.29, 1.82) is 0 Å². The van der Waals surface area contributed by atoms with Crippen LogP contribution in [0.5, 0.6) is 0 Å². The highest BCUT2D eigenvalue weighted by Gasteiger charge is 2.39. The van der Waals surface area contributed by atoms with Crippen LogP contribution in [0.25, 0.3) is 5.69 Å². The molecule has 0 radical (unpaired) electrons. The Labute approximate surface area is 159 Å². The minimum Gasteiger partial charge on any atom is -0.336 e. The number of hydrogen-bond acceptors (Lipinski definition) is 4. The van der Waals surface area contributed by atoms with Crippen molar-refractivity contribution in [3.8, 4) is 5.69 Å². The first-order valence-electron chi connectivity index (χ1n) is 9.03. The summed E-state index contributed by atoms with van der Waals surface area (Å²) >= 11 is 0. The summed E-state index contributed by atoms with van der Waals surface area (Å²) in [5.41, 5.74) is -1.81. The van der Waals surface area contributed by atoms with E-state index in [-0.39, 0.29) is 17.1 Å². The molecular weight excluding hydrogens is 373 g/mol. The van der Waals surface area contributed by atoms with E-state index in [2.05, 4.69) is 10.4 Å². The number of amides is 1. The number of fused-ring (bicyclic) bond motifs is 1. The number of nitrogens with zero attached hydrogens (tertiary/aromatic N) is 3. The minimum atomic E-state index is -4.59. The second kappa shape index (κ2) is 6.73. The molecule has 4 rings (SSSR count). The van der Waals surface area contributed by atoms with Gasteiger partial charge in [0.25, 0.3) is 5.91 Å².